The van der Waals surface area contributed by atoms with Crippen LogP contribution in [0, 0.1) is 6.92 Å². The summed E-state index contributed by atoms with van der Waals surface area (Å²) in [7, 11) is 0. The van der Waals surface area contributed by atoms with E-state index in [1.165, 1.54) is 0 Å². The lowest BCUT2D eigenvalue weighted by Gasteiger charge is -2.12. The molecule has 0 spiro atoms. The fourth-order valence-electron chi connectivity index (χ4n) is 2.00. The zero-order valence-corrected chi connectivity index (χ0v) is 11.0. The summed E-state index contributed by atoms with van der Waals surface area (Å²) >= 11 is 0. The molecule has 0 aliphatic carbocycles. The molecule has 0 atom stereocenters. The van der Waals surface area contributed by atoms with Crippen LogP contribution in [0.25, 0.3) is 0 Å². The first-order valence-electron chi connectivity index (χ1n) is 6.19. The van der Waals surface area contributed by atoms with Gasteiger partial charge in [-0.15, -0.1) is 0 Å². The van der Waals surface area contributed by atoms with Gasteiger partial charge in [0.15, 0.2) is 6.29 Å². The van der Waals surface area contributed by atoms with E-state index in [9.17, 15) is 9.59 Å². The molecular formula is C15H16N2O2. The third-order valence-corrected chi connectivity index (χ3v) is 3.06. The topological polar surface area (TPSA) is 62.0 Å². The van der Waals surface area contributed by atoms with Crippen LogP contribution in [-0.2, 0) is 6.42 Å². The number of anilines is 1. The highest BCUT2D eigenvalue weighted by molar-refractivity contribution is 6.04. The minimum Gasteiger partial charge on any atom is -0.348 e. The van der Waals surface area contributed by atoms with Gasteiger partial charge < -0.3 is 10.3 Å². The number of H-pyrrole nitrogens is 1. The largest absolute Gasteiger partial charge is 0.348 e. The van der Waals surface area contributed by atoms with Crippen LogP contribution < -0.4 is 5.32 Å². The average molecular weight is 256 g/mol. The molecule has 0 saturated heterocycles. The molecule has 98 valence electrons. The standard InChI is InChI=1S/C15H16N2O2/c1-3-11-6-4-5-10(2)14(11)17-15(19)13-8-7-12(9-18)16-13/h4-9,16H,3H2,1-2H3,(H,17,19). The molecule has 19 heavy (non-hydrogen) atoms. The molecule has 1 aromatic carbocycles. The molecule has 0 fully saturated rings. The van der Waals surface area contributed by atoms with Gasteiger partial charge in [0.25, 0.3) is 5.91 Å². The monoisotopic (exact) mass is 256 g/mol. The van der Waals surface area contributed by atoms with Gasteiger partial charge in [0.2, 0.25) is 0 Å². The summed E-state index contributed by atoms with van der Waals surface area (Å²) in [4.78, 5) is 25.5. The van der Waals surface area contributed by atoms with E-state index in [0.717, 1.165) is 23.2 Å². The van der Waals surface area contributed by atoms with Crippen molar-refractivity contribution < 1.29 is 9.59 Å². The summed E-state index contributed by atoms with van der Waals surface area (Å²) in [6.07, 6.45) is 1.53. The van der Waals surface area contributed by atoms with E-state index < -0.39 is 0 Å². The van der Waals surface area contributed by atoms with E-state index in [4.69, 9.17) is 0 Å². The number of hydrogen-bond acceptors (Lipinski definition) is 2. The summed E-state index contributed by atoms with van der Waals surface area (Å²) in [6, 6.07) is 9.11. The second-order valence-electron chi connectivity index (χ2n) is 4.36. The van der Waals surface area contributed by atoms with Crippen LogP contribution in [0.5, 0.6) is 0 Å². The molecular weight excluding hydrogens is 240 g/mol. The van der Waals surface area contributed by atoms with Gasteiger partial charge in [0.05, 0.1) is 5.69 Å². The maximum absolute atomic E-state index is 12.1. The van der Waals surface area contributed by atoms with Gasteiger partial charge in [0.1, 0.15) is 5.69 Å². The molecule has 1 aromatic heterocycles. The Morgan fingerprint density at radius 1 is 1.32 bits per heavy atom. The normalized spacial score (nSPS) is 10.2. The molecule has 1 amide bonds. The van der Waals surface area contributed by atoms with E-state index in [0.29, 0.717) is 17.7 Å². The van der Waals surface area contributed by atoms with Crippen molar-refractivity contribution in [1.82, 2.24) is 4.98 Å². The number of aldehydes is 1. The minimum atomic E-state index is -0.239. The van der Waals surface area contributed by atoms with Gasteiger partial charge in [-0.25, -0.2) is 0 Å². The maximum Gasteiger partial charge on any atom is 0.272 e. The third kappa shape index (κ3) is 2.73. The van der Waals surface area contributed by atoms with E-state index in [1.54, 1.807) is 12.1 Å². The predicted molar refractivity (Wildman–Crippen MR) is 74.7 cm³/mol. The number of amides is 1. The van der Waals surface area contributed by atoms with Gasteiger partial charge in [-0.05, 0) is 36.6 Å². The number of benzene rings is 1. The van der Waals surface area contributed by atoms with Gasteiger partial charge >= 0.3 is 0 Å². The molecule has 0 bridgehead atoms. The molecule has 2 aromatic rings. The Hall–Kier alpha value is -2.36. The second-order valence-corrected chi connectivity index (χ2v) is 4.36. The van der Waals surface area contributed by atoms with Gasteiger partial charge in [-0.3, -0.25) is 9.59 Å². The van der Waals surface area contributed by atoms with Crippen molar-refractivity contribution in [2.75, 3.05) is 5.32 Å². The number of aromatic amines is 1. The molecule has 0 saturated carbocycles. The predicted octanol–water partition coefficient (Wildman–Crippen LogP) is 2.95. The van der Waals surface area contributed by atoms with Crippen molar-refractivity contribution in [1.29, 1.82) is 0 Å². The van der Waals surface area contributed by atoms with Crippen LogP contribution in [0.3, 0.4) is 0 Å². The van der Waals surface area contributed by atoms with Crippen molar-refractivity contribution in [3.05, 3.63) is 52.8 Å². The number of hydrogen-bond donors (Lipinski definition) is 2. The van der Waals surface area contributed by atoms with E-state index in [-0.39, 0.29) is 5.91 Å². The molecule has 0 aliphatic rings. The van der Waals surface area contributed by atoms with Crippen molar-refractivity contribution in [3.63, 3.8) is 0 Å². The first-order chi connectivity index (χ1) is 9.15. The van der Waals surface area contributed by atoms with Crippen molar-refractivity contribution in [2.45, 2.75) is 20.3 Å². The van der Waals surface area contributed by atoms with Gasteiger partial charge in [0, 0.05) is 5.69 Å². The SMILES string of the molecule is CCc1cccc(C)c1NC(=O)c1ccc(C=O)[nH]1. The highest BCUT2D eigenvalue weighted by Crippen LogP contribution is 2.21. The highest BCUT2D eigenvalue weighted by atomic mass is 16.2. The van der Waals surface area contributed by atoms with Crippen LogP contribution in [-0.4, -0.2) is 17.2 Å². The molecule has 2 N–H and O–H groups in total. The molecule has 4 heteroatoms. The molecule has 1 heterocycles. The Kier molecular flexibility index (Phi) is 3.80. The number of carbonyl (C=O) groups excluding carboxylic acids is 2. The summed E-state index contributed by atoms with van der Waals surface area (Å²) in [6.45, 7) is 4.00. The van der Waals surface area contributed by atoms with Crippen molar-refractivity contribution in [2.24, 2.45) is 0 Å². The average Bonchev–Trinajstić information content (AvgIpc) is 2.90. The van der Waals surface area contributed by atoms with E-state index in [2.05, 4.69) is 10.3 Å². The summed E-state index contributed by atoms with van der Waals surface area (Å²) in [5.74, 6) is -0.239. The molecule has 0 unspecified atom stereocenters. The van der Waals surface area contributed by atoms with Gasteiger partial charge in [-0.1, -0.05) is 25.1 Å². The van der Waals surface area contributed by atoms with Crippen LogP contribution in [0.4, 0.5) is 5.69 Å². The summed E-state index contributed by atoms with van der Waals surface area (Å²) < 4.78 is 0. The lowest BCUT2D eigenvalue weighted by Crippen LogP contribution is -2.14. The first-order valence-corrected chi connectivity index (χ1v) is 6.19. The smallest absolute Gasteiger partial charge is 0.272 e. The number of aromatic nitrogens is 1. The second kappa shape index (κ2) is 5.52. The zero-order valence-electron chi connectivity index (χ0n) is 11.0. The number of nitrogens with one attached hydrogen (secondary N) is 2. The fraction of sp³-hybridized carbons (Fsp3) is 0.200. The first kappa shape index (κ1) is 13.1. The van der Waals surface area contributed by atoms with Crippen LogP contribution in [0.2, 0.25) is 0 Å². The number of carbonyl (C=O) groups is 2. The number of para-hydroxylation sites is 1. The van der Waals surface area contributed by atoms with Crippen LogP contribution in [0.1, 0.15) is 39.0 Å². The van der Waals surface area contributed by atoms with Crippen LogP contribution >= 0.6 is 0 Å². The van der Waals surface area contributed by atoms with Crippen molar-refractivity contribution >= 4 is 17.9 Å². The molecule has 0 radical (unpaired) electrons. The fourth-order valence-corrected chi connectivity index (χ4v) is 2.00. The highest BCUT2D eigenvalue weighted by Gasteiger charge is 2.12. The quantitative estimate of drug-likeness (QED) is 0.826. The Morgan fingerprint density at radius 3 is 2.74 bits per heavy atom. The van der Waals surface area contributed by atoms with Crippen LogP contribution in [0.15, 0.2) is 30.3 Å². The van der Waals surface area contributed by atoms with Crippen molar-refractivity contribution in [3.8, 4) is 0 Å². The Bertz CT molecular complexity index is 614. The lowest BCUT2D eigenvalue weighted by atomic mass is 10.1. The summed E-state index contributed by atoms with van der Waals surface area (Å²) in [5, 5.41) is 2.90. The number of aryl methyl sites for hydroxylation is 2. The maximum atomic E-state index is 12.1. The Morgan fingerprint density at radius 2 is 2.11 bits per heavy atom. The van der Waals surface area contributed by atoms with E-state index in [1.807, 2.05) is 32.0 Å². The Labute approximate surface area is 111 Å². The zero-order chi connectivity index (χ0) is 13.8. The van der Waals surface area contributed by atoms with Gasteiger partial charge in [-0.2, -0.15) is 0 Å². The minimum absolute atomic E-state index is 0.239. The third-order valence-electron chi connectivity index (χ3n) is 3.06. The molecule has 0 aliphatic heterocycles. The number of rotatable bonds is 4. The lowest BCUT2D eigenvalue weighted by molar-refractivity contribution is 0.102. The van der Waals surface area contributed by atoms with E-state index >= 15 is 0 Å². The Balaban J connectivity index is 2.26. The molecule has 2 rings (SSSR count). The summed E-state index contributed by atoms with van der Waals surface area (Å²) in [5.41, 5.74) is 3.74. The molecule has 4 nitrogen and oxygen atoms in total.